The lowest BCUT2D eigenvalue weighted by atomic mass is 10.1. The molecular formula is C27H38FN3O4S. The zero-order chi connectivity index (χ0) is 27.0. The third-order valence-corrected chi connectivity index (χ3v) is 7.05. The van der Waals surface area contributed by atoms with E-state index in [9.17, 15) is 22.4 Å². The first-order valence-corrected chi connectivity index (χ1v) is 14.1. The lowest BCUT2D eigenvalue weighted by Gasteiger charge is -2.31. The summed E-state index contributed by atoms with van der Waals surface area (Å²) >= 11 is 0. The van der Waals surface area contributed by atoms with E-state index in [0.29, 0.717) is 17.7 Å². The summed E-state index contributed by atoms with van der Waals surface area (Å²) in [6, 6.07) is 10.7. The minimum Gasteiger partial charge on any atom is -0.352 e. The molecular weight excluding hydrogens is 481 g/mol. The number of carbonyl (C=O) groups is 2. The Labute approximate surface area is 214 Å². The van der Waals surface area contributed by atoms with Crippen LogP contribution in [0.15, 0.2) is 42.5 Å². The van der Waals surface area contributed by atoms with Crippen LogP contribution in [0.5, 0.6) is 0 Å². The summed E-state index contributed by atoms with van der Waals surface area (Å²) in [6.07, 6.45) is 1.90. The predicted octanol–water partition coefficient (Wildman–Crippen LogP) is 4.32. The second-order valence-electron chi connectivity index (χ2n) is 9.46. The molecule has 7 nitrogen and oxygen atoms in total. The highest BCUT2D eigenvalue weighted by molar-refractivity contribution is 7.92. The van der Waals surface area contributed by atoms with Gasteiger partial charge in [-0.05, 0) is 75.4 Å². The van der Waals surface area contributed by atoms with Gasteiger partial charge in [0, 0.05) is 25.6 Å². The summed E-state index contributed by atoms with van der Waals surface area (Å²) in [6.45, 7) is 9.56. The van der Waals surface area contributed by atoms with Gasteiger partial charge in [0.05, 0.1) is 11.9 Å². The van der Waals surface area contributed by atoms with Crippen molar-refractivity contribution in [2.24, 2.45) is 0 Å². The largest absolute Gasteiger partial charge is 0.352 e. The number of hydrogen-bond donors (Lipinski definition) is 1. The first-order chi connectivity index (χ1) is 16.8. The van der Waals surface area contributed by atoms with Crippen LogP contribution in [0.25, 0.3) is 0 Å². The van der Waals surface area contributed by atoms with Gasteiger partial charge in [-0.3, -0.25) is 13.9 Å². The van der Waals surface area contributed by atoms with Gasteiger partial charge in [-0.1, -0.05) is 31.2 Å². The van der Waals surface area contributed by atoms with Crippen molar-refractivity contribution in [3.8, 4) is 0 Å². The molecule has 0 aliphatic heterocycles. The molecule has 0 saturated carbocycles. The summed E-state index contributed by atoms with van der Waals surface area (Å²) < 4.78 is 39.9. The molecule has 0 saturated heterocycles. The SMILES string of the molecule is CC[C@H](C(=O)NC(C)C)N(Cc1ccc(F)cc1)C(=O)CCCN(c1cc(C)ccc1C)S(C)(=O)=O. The molecule has 0 aliphatic carbocycles. The van der Waals surface area contributed by atoms with Crippen LogP contribution in [-0.4, -0.2) is 50.0 Å². The Bertz CT molecular complexity index is 1150. The molecule has 0 spiro atoms. The van der Waals surface area contributed by atoms with Crippen molar-refractivity contribution in [3.63, 3.8) is 0 Å². The molecule has 2 rings (SSSR count). The fraction of sp³-hybridized carbons (Fsp3) is 0.481. The van der Waals surface area contributed by atoms with Crippen molar-refractivity contribution in [3.05, 3.63) is 65.0 Å². The van der Waals surface area contributed by atoms with E-state index in [1.807, 2.05) is 52.8 Å². The van der Waals surface area contributed by atoms with E-state index in [0.717, 1.165) is 17.4 Å². The van der Waals surface area contributed by atoms with Crippen LogP contribution < -0.4 is 9.62 Å². The summed E-state index contributed by atoms with van der Waals surface area (Å²) in [7, 11) is -3.57. The smallest absolute Gasteiger partial charge is 0.243 e. The minimum absolute atomic E-state index is 0.0591. The average molecular weight is 520 g/mol. The van der Waals surface area contributed by atoms with Gasteiger partial charge < -0.3 is 10.2 Å². The van der Waals surface area contributed by atoms with Crippen LogP contribution in [0, 0.1) is 19.7 Å². The van der Waals surface area contributed by atoms with Crippen molar-refractivity contribution in [1.29, 1.82) is 0 Å². The third-order valence-electron chi connectivity index (χ3n) is 5.87. The first kappa shape index (κ1) is 29.3. The van der Waals surface area contributed by atoms with Gasteiger partial charge >= 0.3 is 0 Å². The normalized spacial score (nSPS) is 12.3. The van der Waals surface area contributed by atoms with Crippen LogP contribution in [0.4, 0.5) is 10.1 Å². The average Bonchev–Trinajstić information content (AvgIpc) is 2.78. The van der Waals surface area contributed by atoms with Crippen molar-refractivity contribution in [2.75, 3.05) is 17.1 Å². The fourth-order valence-electron chi connectivity index (χ4n) is 4.06. The minimum atomic E-state index is -3.57. The fourth-order valence-corrected chi connectivity index (χ4v) is 5.07. The Morgan fingerprint density at radius 1 is 1.06 bits per heavy atom. The van der Waals surface area contributed by atoms with E-state index in [-0.39, 0.29) is 49.6 Å². The maximum atomic E-state index is 13.4. The topological polar surface area (TPSA) is 86.8 Å². The number of sulfonamides is 1. The van der Waals surface area contributed by atoms with Crippen LogP contribution >= 0.6 is 0 Å². The summed E-state index contributed by atoms with van der Waals surface area (Å²) in [5, 5.41) is 2.87. The number of rotatable bonds is 12. The first-order valence-electron chi connectivity index (χ1n) is 12.2. The zero-order valence-corrected chi connectivity index (χ0v) is 22.9. The number of benzene rings is 2. The van der Waals surface area contributed by atoms with Crippen LogP contribution in [-0.2, 0) is 26.2 Å². The molecule has 0 radical (unpaired) electrons. The number of halogens is 1. The second-order valence-corrected chi connectivity index (χ2v) is 11.4. The van der Waals surface area contributed by atoms with Gasteiger partial charge in [0.15, 0.2) is 0 Å². The number of carbonyl (C=O) groups excluding carboxylic acids is 2. The molecule has 0 aliphatic rings. The zero-order valence-electron chi connectivity index (χ0n) is 22.0. The van der Waals surface area contributed by atoms with Gasteiger partial charge in [-0.15, -0.1) is 0 Å². The molecule has 0 unspecified atom stereocenters. The number of hydrogen-bond acceptors (Lipinski definition) is 4. The molecule has 198 valence electrons. The predicted molar refractivity (Wildman–Crippen MR) is 142 cm³/mol. The molecule has 2 amide bonds. The maximum absolute atomic E-state index is 13.4. The molecule has 0 heterocycles. The third kappa shape index (κ3) is 8.33. The number of nitrogens with zero attached hydrogens (tertiary/aromatic N) is 2. The van der Waals surface area contributed by atoms with E-state index < -0.39 is 16.1 Å². The Morgan fingerprint density at radius 3 is 2.25 bits per heavy atom. The van der Waals surface area contributed by atoms with Crippen molar-refractivity contribution < 1.29 is 22.4 Å². The highest BCUT2D eigenvalue weighted by Crippen LogP contribution is 2.25. The summed E-state index contributed by atoms with van der Waals surface area (Å²) in [5.74, 6) is -0.899. The second kappa shape index (κ2) is 12.9. The molecule has 1 atom stereocenters. The number of anilines is 1. The number of amides is 2. The van der Waals surface area contributed by atoms with E-state index in [2.05, 4.69) is 5.32 Å². The van der Waals surface area contributed by atoms with Gasteiger partial charge in [-0.25, -0.2) is 12.8 Å². The van der Waals surface area contributed by atoms with Crippen LogP contribution in [0.1, 0.15) is 56.7 Å². The van der Waals surface area contributed by atoms with E-state index in [1.165, 1.54) is 21.3 Å². The molecule has 1 N–H and O–H groups in total. The molecule has 0 aromatic heterocycles. The van der Waals surface area contributed by atoms with E-state index in [4.69, 9.17) is 0 Å². The number of aryl methyl sites for hydroxylation is 2. The summed E-state index contributed by atoms with van der Waals surface area (Å²) in [4.78, 5) is 27.8. The van der Waals surface area contributed by atoms with E-state index in [1.54, 1.807) is 12.1 Å². The van der Waals surface area contributed by atoms with Crippen molar-refractivity contribution in [2.45, 2.75) is 72.5 Å². The monoisotopic (exact) mass is 519 g/mol. The Balaban J connectivity index is 2.24. The maximum Gasteiger partial charge on any atom is 0.243 e. The summed E-state index contributed by atoms with van der Waals surface area (Å²) in [5.41, 5.74) is 3.06. The lowest BCUT2D eigenvalue weighted by molar-refractivity contribution is -0.141. The van der Waals surface area contributed by atoms with Crippen LogP contribution in [0.2, 0.25) is 0 Å². The molecule has 0 bridgehead atoms. The molecule has 2 aromatic carbocycles. The van der Waals surface area contributed by atoms with Crippen LogP contribution in [0.3, 0.4) is 0 Å². The van der Waals surface area contributed by atoms with Crippen molar-refractivity contribution >= 4 is 27.5 Å². The molecule has 9 heteroatoms. The lowest BCUT2D eigenvalue weighted by Crippen LogP contribution is -2.50. The highest BCUT2D eigenvalue weighted by atomic mass is 32.2. The number of nitrogens with one attached hydrogen (secondary N) is 1. The Hall–Kier alpha value is -2.94. The molecule has 36 heavy (non-hydrogen) atoms. The van der Waals surface area contributed by atoms with Gasteiger partial charge in [0.1, 0.15) is 11.9 Å². The van der Waals surface area contributed by atoms with Gasteiger partial charge in [-0.2, -0.15) is 0 Å². The quantitative estimate of drug-likeness (QED) is 0.453. The standard InChI is InChI=1S/C27H38FN3O4S/c1-7-24(27(33)29-19(2)3)30(18-22-12-14-23(28)15-13-22)26(32)9-8-16-31(36(6,34)35)25-17-20(4)10-11-21(25)5/h10-15,17,19,24H,7-9,16,18H2,1-6H3,(H,29,33)/t24-/m1/s1. The van der Waals surface area contributed by atoms with Gasteiger partial charge in [0.25, 0.3) is 0 Å². The molecule has 0 fully saturated rings. The van der Waals surface area contributed by atoms with Gasteiger partial charge in [0.2, 0.25) is 21.8 Å². The Kier molecular flexibility index (Phi) is 10.5. The Morgan fingerprint density at radius 2 is 1.69 bits per heavy atom. The van der Waals surface area contributed by atoms with E-state index >= 15 is 0 Å². The highest BCUT2D eigenvalue weighted by Gasteiger charge is 2.29. The molecule has 2 aromatic rings. The van der Waals surface area contributed by atoms with Crippen molar-refractivity contribution in [1.82, 2.24) is 10.2 Å².